The Bertz CT molecular complexity index is 679. The topological polar surface area (TPSA) is 55.3 Å². The first kappa shape index (κ1) is 18.8. The fraction of sp³-hybridized carbons (Fsp3) is 0.400. The summed E-state index contributed by atoms with van der Waals surface area (Å²) < 4.78 is 2.49. The number of hydrogen-bond donors (Lipinski definition) is 2. The molecule has 0 spiro atoms. The van der Waals surface area contributed by atoms with E-state index in [2.05, 4.69) is 70.5 Å². The molecule has 0 amide bonds. The third-order valence-electron chi connectivity index (χ3n) is 4.49. The number of nitrogen functional groups attached to an aromatic ring is 2. The molecule has 130 valence electrons. The van der Waals surface area contributed by atoms with Gasteiger partial charge >= 0.3 is 0 Å². The summed E-state index contributed by atoms with van der Waals surface area (Å²) in [6, 6.07) is 8.78. The lowest BCUT2D eigenvalue weighted by molar-refractivity contribution is 0.514. The van der Waals surface area contributed by atoms with E-state index >= 15 is 0 Å². The van der Waals surface area contributed by atoms with Crippen LogP contribution in [0.1, 0.15) is 36.1 Å². The minimum Gasteiger partial charge on any atom is -0.398 e. The maximum Gasteiger partial charge on any atom is 0.0438 e. The monoisotopic (exact) mass is 343 g/mol. The van der Waals surface area contributed by atoms with Gasteiger partial charge in [0.2, 0.25) is 0 Å². The minimum absolute atomic E-state index is 0.738. The molecule has 24 heavy (non-hydrogen) atoms. The van der Waals surface area contributed by atoms with Crippen molar-refractivity contribution in [1.82, 2.24) is 4.67 Å². The number of nitrogens with two attached hydrogens (primary N) is 2. The quantitative estimate of drug-likeness (QED) is 0.642. The van der Waals surface area contributed by atoms with E-state index in [1.54, 1.807) is 0 Å². The Kier molecular flexibility index (Phi) is 5.90. The van der Waals surface area contributed by atoms with Crippen LogP contribution in [0.2, 0.25) is 0 Å². The molecule has 3 nitrogen and oxygen atoms in total. The van der Waals surface area contributed by atoms with Crippen molar-refractivity contribution >= 4 is 30.1 Å². The van der Waals surface area contributed by atoms with Crippen molar-refractivity contribution in [3.8, 4) is 0 Å². The molecule has 0 radical (unpaired) electrons. The number of aryl methyl sites for hydroxylation is 4. The van der Waals surface area contributed by atoms with Crippen molar-refractivity contribution < 1.29 is 0 Å². The van der Waals surface area contributed by atoms with Crippen LogP contribution in [-0.2, 0) is 0 Å². The first-order valence-corrected chi connectivity index (χ1v) is 9.88. The largest absolute Gasteiger partial charge is 0.398 e. The van der Waals surface area contributed by atoms with E-state index in [4.69, 9.17) is 11.5 Å². The van der Waals surface area contributed by atoms with E-state index in [1.165, 1.54) is 21.7 Å². The van der Waals surface area contributed by atoms with Crippen molar-refractivity contribution in [3.05, 3.63) is 46.5 Å². The van der Waals surface area contributed by atoms with Crippen LogP contribution in [0, 0.1) is 27.7 Å². The van der Waals surface area contributed by atoms with Gasteiger partial charge in [-0.25, -0.2) is 0 Å². The molecule has 4 heteroatoms. The van der Waals surface area contributed by atoms with Crippen LogP contribution in [-0.4, -0.2) is 17.8 Å². The zero-order valence-corrected chi connectivity index (χ0v) is 16.7. The molecule has 2 aromatic carbocycles. The summed E-state index contributed by atoms with van der Waals surface area (Å²) in [7, 11) is -0.738. The molecule has 0 unspecified atom stereocenters. The fourth-order valence-corrected chi connectivity index (χ4v) is 6.10. The van der Waals surface area contributed by atoms with E-state index in [1.807, 2.05) is 0 Å². The van der Waals surface area contributed by atoms with E-state index in [0.717, 1.165) is 35.6 Å². The van der Waals surface area contributed by atoms with Crippen molar-refractivity contribution in [2.75, 3.05) is 24.6 Å². The van der Waals surface area contributed by atoms with Crippen LogP contribution in [0.5, 0.6) is 0 Å². The Morgan fingerprint density at radius 2 is 1.12 bits per heavy atom. The average molecular weight is 343 g/mol. The van der Waals surface area contributed by atoms with E-state index in [-0.39, 0.29) is 0 Å². The predicted octanol–water partition coefficient (Wildman–Crippen LogP) is 3.77. The highest BCUT2D eigenvalue weighted by Gasteiger charge is 2.26. The number of nitrogens with zero attached hydrogens (tertiary/aromatic N) is 1. The third kappa shape index (κ3) is 3.58. The van der Waals surface area contributed by atoms with Gasteiger partial charge in [0.15, 0.2) is 0 Å². The van der Waals surface area contributed by atoms with Gasteiger partial charge in [0.25, 0.3) is 0 Å². The molecule has 0 saturated carbocycles. The normalized spacial score (nSPS) is 11.5. The summed E-state index contributed by atoms with van der Waals surface area (Å²) in [6.07, 6.45) is 0. The first-order valence-electron chi connectivity index (χ1n) is 8.58. The lowest BCUT2D eigenvalue weighted by Crippen LogP contribution is -2.32. The van der Waals surface area contributed by atoms with Crippen molar-refractivity contribution in [1.29, 1.82) is 0 Å². The lowest BCUT2D eigenvalue weighted by Gasteiger charge is -2.33. The van der Waals surface area contributed by atoms with Crippen LogP contribution in [0.3, 0.4) is 0 Å². The molecule has 0 bridgehead atoms. The average Bonchev–Trinajstić information content (AvgIpc) is 2.52. The van der Waals surface area contributed by atoms with Gasteiger partial charge < -0.3 is 11.5 Å². The van der Waals surface area contributed by atoms with Gasteiger partial charge in [-0.3, -0.25) is 4.67 Å². The van der Waals surface area contributed by atoms with E-state index < -0.39 is 8.07 Å². The van der Waals surface area contributed by atoms with Gasteiger partial charge in [0, 0.05) is 30.1 Å². The van der Waals surface area contributed by atoms with Gasteiger partial charge in [-0.1, -0.05) is 37.1 Å². The van der Waals surface area contributed by atoms with Crippen LogP contribution in [0.25, 0.3) is 0 Å². The van der Waals surface area contributed by atoms with E-state index in [9.17, 15) is 0 Å². The van der Waals surface area contributed by atoms with Gasteiger partial charge in [0.05, 0.1) is 0 Å². The highest BCUT2D eigenvalue weighted by molar-refractivity contribution is 7.71. The van der Waals surface area contributed by atoms with Crippen LogP contribution in [0.4, 0.5) is 11.4 Å². The molecule has 0 aliphatic carbocycles. The summed E-state index contributed by atoms with van der Waals surface area (Å²) >= 11 is 0. The molecule has 0 aliphatic rings. The highest BCUT2D eigenvalue weighted by atomic mass is 31.1. The lowest BCUT2D eigenvalue weighted by atomic mass is 10.1. The van der Waals surface area contributed by atoms with Gasteiger partial charge in [-0.15, -0.1) is 0 Å². The zero-order valence-electron chi connectivity index (χ0n) is 15.8. The molecule has 0 atom stereocenters. The molecule has 2 aromatic rings. The first-order chi connectivity index (χ1) is 11.3. The van der Waals surface area contributed by atoms with Crippen molar-refractivity contribution in [3.63, 3.8) is 0 Å². The fourth-order valence-electron chi connectivity index (χ4n) is 3.20. The molecular formula is C20H30N3P. The summed E-state index contributed by atoms with van der Waals surface area (Å²) in [5.41, 5.74) is 19.6. The Balaban J connectivity index is 2.77. The van der Waals surface area contributed by atoms with Gasteiger partial charge in [-0.2, -0.15) is 0 Å². The summed E-state index contributed by atoms with van der Waals surface area (Å²) in [6.45, 7) is 14.8. The number of rotatable bonds is 5. The van der Waals surface area contributed by atoms with E-state index in [0.29, 0.717) is 0 Å². The maximum atomic E-state index is 6.51. The summed E-state index contributed by atoms with van der Waals surface area (Å²) in [4.78, 5) is 0. The molecule has 0 heterocycles. The second-order valence-corrected chi connectivity index (χ2v) is 8.63. The van der Waals surface area contributed by atoms with Gasteiger partial charge in [0.1, 0.15) is 0 Å². The number of benzene rings is 2. The highest BCUT2D eigenvalue weighted by Crippen LogP contribution is 2.43. The van der Waals surface area contributed by atoms with Crippen LogP contribution in [0.15, 0.2) is 24.3 Å². The SMILES string of the molecule is CCN(CC)P(c1cc(C)cc(C)c1N)c1cc(C)cc(C)c1N. The number of hydrogen-bond acceptors (Lipinski definition) is 3. The summed E-state index contributed by atoms with van der Waals surface area (Å²) in [5.74, 6) is 0. The molecule has 0 fully saturated rings. The van der Waals surface area contributed by atoms with Gasteiger partial charge in [-0.05, 0) is 64.0 Å². The number of anilines is 2. The molecule has 4 N–H and O–H groups in total. The second kappa shape index (κ2) is 7.55. The predicted molar refractivity (Wildman–Crippen MR) is 110 cm³/mol. The van der Waals surface area contributed by atoms with Crippen LogP contribution >= 0.6 is 8.07 Å². The second-order valence-electron chi connectivity index (χ2n) is 6.48. The Hall–Kier alpha value is -1.57. The standard InChI is InChI=1S/C20H30N3P/c1-7-23(8-2)24(17-11-13(3)9-15(5)19(17)21)18-12-14(4)10-16(6)20(18)22/h9-12H,7-8,21-22H2,1-6H3. The molecule has 0 aromatic heterocycles. The Morgan fingerprint density at radius 1 is 0.750 bits per heavy atom. The maximum absolute atomic E-state index is 6.51. The smallest absolute Gasteiger partial charge is 0.0438 e. The minimum atomic E-state index is -0.738. The van der Waals surface area contributed by atoms with Crippen molar-refractivity contribution in [2.45, 2.75) is 41.5 Å². The molecule has 0 saturated heterocycles. The zero-order chi connectivity index (χ0) is 18.0. The molecule has 0 aliphatic heterocycles. The molecule has 2 rings (SSSR count). The van der Waals surface area contributed by atoms with Crippen molar-refractivity contribution in [2.24, 2.45) is 0 Å². The Morgan fingerprint density at radius 3 is 1.46 bits per heavy atom. The third-order valence-corrected chi connectivity index (χ3v) is 7.27. The summed E-state index contributed by atoms with van der Waals surface area (Å²) in [5, 5.41) is 2.45. The molecular weight excluding hydrogens is 313 g/mol. The Labute approximate surface area is 147 Å². The van der Waals surface area contributed by atoms with Crippen LogP contribution < -0.4 is 22.1 Å².